The van der Waals surface area contributed by atoms with Crippen molar-refractivity contribution in [1.82, 2.24) is 0 Å². The lowest BCUT2D eigenvalue weighted by molar-refractivity contribution is -0.123. The van der Waals surface area contributed by atoms with Crippen LogP contribution < -0.4 is 10.6 Å². The molecule has 0 aliphatic carbocycles. The highest BCUT2D eigenvalue weighted by atomic mass is 35.5. The Morgan fingerprint density at radius 2 is 1.59 bits per heavy atom. The summed E-state index contributed by atoms with van der Waals surface area (Å²) in [7, 11) is 0. The quantitative estimate of drug-likeness (QED) is 0.819. The Balaban J connectivity index is 1.92. The lowest BCUT2D eigenvalue weighted by atomic mass is 10.2. The van der Waals surface area contributed by atoms with Crippen molar-refractivity contribution in [3.63, 3.8) is 0 Å². The Morgan fingerprint density at radius 1 is 0.955 bits per heavy atom. The molecule has 0 fully saturated rings. The van der Waals surface area contributed by atoms with Gasteiger partial charge in [-0.1, -0.05) is 47.0 Å². The molecule has 2 aromatic carbocycles. The van der Waals surface area contributed by atoms with Crippen LogP contribution in [0.3, 0.4) is 0 Å². The number of carbonyl (C=O) groups excluding carboxylic acids is 2. The lowest BCUT2D eigenvalue weighted by Crippen LogP contribution is -2.21. The molecule has 0 radical (unpaired) electrons. The minimum absolute atomic E-state index is 0.247. The number of hydrogen-bond donors (Lipinski definition) is 2. The van der Waals surface area contributed by atoms with E-state index in [1.807, 2.05) is 19.1 Å². The molecule has 0 aliphatic heterocycles. The second-order valence-corrected chi connectivity index (χ2v) is 5.53. The van der Waals surface area contributed by atoms with Gasteiger partial charge in [-0.25, -0.2) is 0 Å². The summed E-state index contributed by atoms with van der Waals surface area (Å²) in [5.41, 5.74) is 2.11. The summed E-state index contributed by atoms with van der Waals surface area (Å²) < 4.78 is 0. The maximum Gasteiger partial charge on any atom is 0.233 e. The molecule has 0 spiro atoms. The summed E-state index contributed by atoms with van der Waals surface area (Å²) in [6, 6.07) is 12.2. The number of hydrogen-bond acceptors (Lipinski definition) is 2. The molecule has 2 aromatic rings. The second-order valence-electron chi connectivity index (χ2n) is 4.74. The fraction of sp³-hybridized carbons (Fsp3) is 0.125. The van der Waals surface area contributed by atoms with Crippen molar-refractivity contribution in [1.29, 1.82) is 0 Å². The van der Waals surface area contributed by atoms with E-state index in [0.29, 0.717) is 16.4 Å². The fourth-order valence-electron chi connectivity index (χ4n) is 1.78. The SMILES string of the molecule is Cc1ccc(NC(=O)CC(=O)Nc2cccc(Cl)c2Cl)cc1. The number of aryl methyl sites for hydroxylation is 1. The minimum atomic E-state index is -0.464. The molecule has 0 aromatic heterocycles. The van der Waals surface area contributed by atoms with Gasteiger partial charge in [-0.05, 0) is 31.2 Å². The Kier molecular flexibility index (Phi) is 5.41. The summed E-state index contributed by atoms with van der Waals surface area (Å²) in [5, 5.41) is 5.80. The van der Waals surface area contributed by atoms with Gasteiger partial charge in [-0.15, -0.1) is 0 Å². The van der Waals surface area contributed by atoms with Gasteiger partial charge in [0, 0.05) is 5.69 Å². The van der Waals surface area contributed by atoms with Crippen LogP contribution in [0.4, 0.5) is 11.4 Å². The zero-order valence-electron chi connectivity index (χ0n) is 11.8. The molecule has 0 saturated carbocycles. The number of nitrogens with one attached hydrogen (secondary N) is 2. The molecule has 22 heavy (non-hydrogen) atoms. The van der Waals surface area contributed by atoms with Crippen molar-refractivity contribution in [3.05, 3.63) is 58.1 Å². The summed E-state index contributed by atoms with van der Waals surface area (Å²) in [5.74, 6) is -0.867. The summed E-state index contributed by atoms with van der Waals surface area (Å²) >= 11 is 11.8. The zero-order chi connectivity index (χ0) is 16.1. The van der Waals surface area contributed by atoms with E-state index in [-0.39, 0.29) is 11.4 Å². The first-order chi connectivity index (χ1) is 10.5. The predicted molar refractivity (Wildman–Crippen MR) is 89.5 cm³/mol. The zero-order valence-corrected chi connectivity index (χ0v) is 13.3. The van der Waals surface area contributed by atoms with Gasteiger partial charge >= 0.3 is 0 Å². The van der Waals surface area contributed by atoms with Gasteiger partial charge in [0.15, 0.2) is 0 Å². The molecule has 0 aliphatic rings. The van der Waals surface area contributed by atoms with Gasteiger partial charge in [0.25, 0.3) is 0 Å². The molecule has 114 valence electrons. The Bertz CT molecular complexity index is 700. The van der Waals surface area contributed by atoms with E-state index in [1.165, 1.54) is 0 Å². The standard InChI is InChI=1S/C16H14Cl2N2O2/c1-10-5-7-11(8-6-10)19-14(21)9-15(22)20-13-4-2-3-12(17)16(13)18/h2-8H,9H2,1H3,(H,19,21)(H,20,22). The highest BCUT2D eigenvalue weighted by Gasteiger charge is 2.12. The first kappa shape index (κ1) is 16.3. The van der Waals surface area contributed by atoms with Gasteiger partial charge in [-0.2, -0.15) is 0 Å². The maximum atomic E-state index is 11.9. The summed E-state index contributed by atoms with van der Waals surface area (Å²) in [4.78, 5) is 23.7. The number of carbonyl (C=O) groups is 2. The van der Waals surface area contributed by atoms with Crippen molar-refractivity contribution < 1.29 is 9.59 Å². The highest BCUT2D eigenvalue weighted by molar-refractivity contribution is 6.44. The summed E-state index contributed by atoms with van der Waals surface area (Å²) in [6.07, 6.45) is -0.309. The average molecular weight is 337 g/mol. The van der Waals surface area contributed by atoms with Gasteiger partial charge in [0.1, 0.15) is 6.42 Å². The van der Waals surface area contributed by atoms with Gasteiger partial charge in [-0.3, -0.25) is 9.59 Å². The molecule has 0 atom stereocenters. The van der Waals surface area contributed by atoms with E-state index in [4.69, 9.17) is 23.2 Å². The van der Waals surface area contributed by atoms with Crippen molar-refractivity contribution in [2.45, 2.75) is 13.3 Å². The molecule has 0 heterocycles. The largest absolute Gasteiger partial charge is 0.326 e. The van der Waals surface area contributed by atoms with Gasteiger partial charge in [0.05, 0.1) is 15.7 Å². The number of anilines is 2. The molecule has 0 saturated heterocycles. The lowest BCUT2D eigenvalue weighted by Gasteiger charge is -2.09. The van der Waals surface area contributed by atoms with E-state index in [9.17, 15) is 9.59 Å². The fourth-order valence-corrected chi connectivity index (χ4v) is 2.13. The third-order valence-electron chi connectivity index (χ3n) is 2.88. The summed E-state index contributed by atoms with van der Waals surface area (Å²) in [6.45, 7) is 1.95. The van der Waals surface area contributed by atoms with E-state index in [2.05, 4.69) is 10.6 Å². The van der Waals surface area contributed by atoms with Crippen LogP contribution in [-0.4, -0.2) is 11.8 Å². The number of halogens is 2. The maximum absolute atomic E-state index is 11.9. The van der Waals surface area contributed by atoms with E-state index in [1.54, 1.807) is 30.3 Å². The molecular formula is C16H14Cl2N2O2. The van der Waals surface area contributed by atoms with E-state index >= 15 is 0 Å². The number of rotatable bonds is 4. The smallest absolute Gasteiger partial charge is 0.233 e. The predicted octanol–water partition coefficient (Wildman–Crippen LogP) is 4.27. The number of benzene rings is 2. The van der Waals surface area contributed by atoms with Gasteiger partial charge < -0.3 is 10.6 Å². The number of amides is 2. The molecule has 4 nitrogen and oxygen atoms in total. The van der Waals surface area contributed by atoms with Crippen LogP contribution in [0.25, 0.3) is 0 Å². The monoisotopic (exact) mass is 336 g/mol. The van der Waals surface area contributed by atoms with Crippen molar-refractivity contribution in [2.75, 3.05) is 10.6 Å². The van der Waals surface area contributed by atoms with Gasteiger partial charge in [0.2, 0.25) is 11.8 Å². The molecule has 6 heteroatoms. The average Bonchev–Trinajstić information content (AvgIpc) is 2.46. The van der Waals surface area contributed by atoms with Crippen molar-refractivity contribution >= 4 is 46.4 Å². The first-order valence-corrected chi connectivity index (χ1v) is 7.31. The second kappa shape index (κ2) is 7.29. The van der Waals surface area contributed by atoms with Crippen molar-refractivity contribution in [3.8, 4) is 0 Å². The molecule has 2 amide bonds. The third-order valence-corrected chi connectivity index (χ3v) is 3.70. The first-order valence-electron chi connectivity index (χ1n) is 6.56. The topological polar surface area (TPSA) is 58.2 Å². The van der Waals surface area contributed by atoms with Crippen molar-refractivity contribution in [2.24, 2.45) is 0 Å². The van der Waals surface area contributed by atoms with E-state index < -0.39 is 11.8 Å². The van der Waals surface area contributed by atoms with Crippen LogP contribution in [0, 0.1) is 6.92 Å². The molecule has 0 bridgehead atoms. The molecular weight excluding hydrogens is 323 g/mol. The van der Waals surface area contributed by atoms with Crippen LogP contribution >= 0.6 is 23.2 Å². The third kappa shape index (κ3) is 4.48. The van der Waals surface area contributed by atoms with E-state index in [0.717, 1.165) is 5.56 Å². The Hall–Kier alpha value is -2.04. The van der Waals surface area contributed by atoms with Crippen LogP contribution in [-0.2, 0) is 9.59 Å². The molecule has 2 rings (SSSR count). The highest BCUT2D eigenvalue weighted by Crippen LogP contribution is 2.29. The van der Waals surface area contributed by atoms with Crippen LogP contribution in [0.5, 0.6) is 0 Å². The molecule has 2 N–H and O–H groups in total. The normalized spacial score (nSPS) is 10.1. The molecule has 0 unspecified atom stereocenters. The van der Waals surface area contributed by atoms with Crippen LogP contribution in [0.1, 0.15) is 12.0 Å². The minimum Gasteiger partial charge on any atom is -0.326 e. The van der Waals surface area contributed by atoms with Crippen LogP contribution in [0.15, 0.2) is 42.5 Å². The Labute approximate surface area is 138 Å². The Morgan fingerprint density at radius 3 is 2.27 bits per heavy atom. The van der Waals surface area contributed by atoms with Crippen LogP contribution in [0.2, 0.25) is 10.0 Å².